The number of sulfonamides is 1. The largest absolute Gasteiger partial charge is 0.491 e. The molecule has 1 aromatic carbocycles. The van der Waals surface area contributed by atoms with Crippen LogP contribution in [0.25, 0.3) is 11.0 Å². The Kier molecular flexibility index (Phi) is 13.0. The number of hydrogen-bond donors (Lipinski definition) is 3. The molecule has 2 saturated carbocycles. The van der Waals surface area contributed by atoms with Gasteiger partial charge in [-0.2, -0.15) is 26.3 Å². The maximum atomic E-state index is 15.2. The third-order valence-corrected chi connectivity index (χ3v) is 15.0. The summed E-state index contributed by atoms with van der Waals surface area (Å²) in [5.74, 6) is -6.35. The third-order valence-electron chi connectivity index (χ3n) is 12.9. The molecule has 0 unspecified atom stereocenters. The van der Waals surface area contributed by atoms with Crippen LogP contribution in [0.1, 0.15) is 106 Å². The molecule has 354 valence electrons. The van der Waals surface area contributed by atoms with Crippen LogP contribution in [-0.2, 0) is 30.6 Å². The Balaban J connectivity index is 1.47. The van der Waals surface area contributed by atoms with Crippen LogP contribution in [0.4, 0.5) is 31.1 Å². The zero-order valence-electron chi connectivity index (χ0n) is 36.5. The first-order chi connectivity index (χ1) is 29.5. The molecule has 7 atom stereocenters. The second-order valence-corrected chi connectivity index (χ2v) is 20.7. The number of halogens is 6. The lowest BCUT2D eigenvalue weighted by atomic mass is 9.82. The van der Waals surface area contributed by atoms with Crippen molar-refractivity contribution in [3.63, 3.8) is 0 Å². The topological polar surface area (TPSA) is 197 Å². The molecule has 2 aliphatic carbocycles. The van der Waals surface area contributed by atoms with Crippen LogP contribution in [0.2, 0.25) is 0 Å². The zero-order valence-corrected chi connectivity index (χ0v) is 37.3. The van der Waals surface area contributed by atoms with Crippen molar-refractivity contribution in [3.05, 3.63) is 36.0 Å². The number of nitrogens with zero attached hydrogens (tertiary/aromatic N) is 4. The number of allylic oxidation sites excluding steroid dienone is 1. The van der Waals surface area contributed by atoms with E-state index in [1.165, 1.54) is 25.1 Å². The van der Waals surface area contributed by atoms with Gasteiger partial charge in [0.2, 0.25) is 33.4 Å². The molecule has 3 heterocycles. The molecule has 0 spiro atoms. The van der Waals surface area contributed by atoms with Gasteiger partial charge < -0.3 is 24.8 Å². The van der Waals surface area contributed by atoms with Crippen LogP contribution in [0.5, 0.6) is 11.6 Å². The van der Waals surface area contributed by atoms with Crippen molar-refractivity contribution in [2.24, 2.45) is 17.8 Å². The first-order valence-electron chi connectivity index (χ1n) is 21.2. The number of alkyl halides is 6. The zero-order chi connectivity index (χ0) is 47.5. The minimum absolute atomic E-state index is 0.00180. The minimum atomic E-state index is -5.22. The normalized spacial score (nSPS) is 28.2. The highest BCUT2D eigenvalue weighted by Crippen LogP contribution is 2.48. The number of carbonyl (C=O) groups is 4. The van der Waals surface area contributed by atoms with Gasteiger partial charge in [0.05, 0.1) is 28.4 Å². The lowest BCUT2D eigenvalue weighted by Gasteiger charge is -2.46. The lowest BCUT2D eigenvalue weighted by molar-refractivity contribution is -0.222. The molecule has 64 heavy (non-hydrogen) atoms. The molecule has 15 nitrogen and oxygen atoms in total. The molecule has 1 saturated heterocycles. The van der Waals surface area contributed by atoms with Crippen molar-refractivity contribution < 1.29 is 68.5 Å². The number of hydrogen-bond acceptors (Lipinski definition) is 10. The number of aromatic nitrogens is 2. The van der Waals surface area contributed by atoms with Crippen molar-refractivity contribution >= 4 is 44.9 Å². The third kappa shape index (κ3) is 9.56. The Bertz CT molecular complexity index is 2300. The van der Waals surface area contributed by atoms with Gasteiger partial charge >= 0.3 is 18.4 Å². The van der Waals surface area contributed by atoms with E-state index in [1.54, 1.807) is 39.8 Å². The molecule has 1 aromatic heterocycles. The summed E-state index contributed by atoms with van der Waals surface area (Å²) < 4.78 is 127. The van der Waals surface area contributed by atoms with E-state index in [-0.39, 0.29) is 65.8 Å². The van der Waals surface area contributed by atoms with E-state index in [1.807, 2.05) is 0 Å². The first-order valence-corrected chi connectivity index (χ1v) is 22.7. The maximum absolute atomic E-state index is 15.2. The number of benzene rings is 1. The average Bonchev–Trinajstić information content (AvgIpc) is 4.05. The second-order valence-electron chi connectivity index (χ2n) is 18.5. The van der Waals surface area contributed by atoms with Gasteiger partial charge in [0.1, 0.15) is 35.0 Å². The first kappa shape index (κ1) is 48.6. The predicted molar refractivity (Wildman–Crippen MR) is 218 cm³/mol. The summed E-state index contributed by atoms with van der Waals surface area (Å²) in [6.45, 7) is 8.72. The molecule has 0 radical (unpaired) electrons. The SMILES string of the molecule is CC[C@@H]1C[C@H](C)CC/C=C\[C@@H]2C[C@@]2(C(=O)NS(=O)(=O)C2(C)CC2)NC(=O)[C@@H]2C[C@@H](Oc3nc4cc(OC(C)C)ccc4nc3C(F)(F)F)CN2C(=O)[C@H]1N(C(=O)O)C(C)(C)C(F)(F)F. The fourth-order valence-electron chi connectivity index (χ4n) is 8.56. The van der Waals surface area contributed by atoms with Gasteiger partial charge in [-0.05, 0) is 97.1 Å². The number of carboxylic acid groups (broad SMARTS) is 1. The van der Waals surface area contributed by atoms with Gasteiger partial charge in [-0.1, -0.05) is 32.4 Å². The maximum Gasteiger partial charge on any atom is 0.438 e. The quantitative estimate of drug-likeness (QED) is 0.168. The van der Waals surface area contributed by atoms with E-state index >= 15 is 4.79 Å². The van der Waals surface area contributed by atoms with Crippen molar-refractivity contribution in [2.45, 2.75) is 152 Å². The van der Waals surface area contributed by atoms with Crippen LogP contribution in [0.3, 0.4) is 0 Å². The van der Waals surface area contributed by atoms with E-state index in [2.05, 4.69) is 20.0 Å². The monoisotopic (exact) mass is 932 g/mol. The molecule has 22 heteroatoms. The summed E-state index contributed by atoms with van der Waals surface area (Å²) in [5.41, 5.74) is -6.88. The summed E-state index contributed by atoms with van der Waals surface area (Å²) >= 11 is 0. The van der Waals surface area contributed by atoms with Gasteiger partial charge in [0.25, 0.3) is 5.91 Å². The smallest absolute Gasteiger partial charge is 0.438 e. The molecule has 4 aliphatic rings. The highest BCUT2D eigenvalue weighted by Gasteiger charge is 2.64. The van der Waals surface area contributed by atoms with Crippen LogP contribution in [0.15, 0.2) is 30.4 Å². The summed E-state index contributed by atoms with van der Waals surface area (Å²) in [4.78, 5) is 65.5. The summed E-state index contributed by atoms with van der Waals surface area (Å²) in [7, 11) is -4.23. The van der Waals surface area contributed by atoms with Crippen molar-refractivity contribution in [1.29, 1.82) is 0 Å². The minimum Gasteiger partial charge on any atom is -0.491 e. The standard InChI is InChI=1S/C42H54F6N6O9S/c1-8-24-17-23(4)11-9-10-12-25-20-40(25,36(57)52-64(60,61)39(7)15-16-39)51-33(55)30-19-27(21-53(30)35(56)31(24)54(37(58)59)38(5,6)42(46,47)48)63-34-32(41(43,44)45)49-28-14-13-26(62-22(2)3)18-29(28)50-34/h10,12-14,18,22-25,27,30-31H,8-9,11,15-17,19-21H2,1-7H3,(H,51,55)(H,52,57)(H,58,59)/b12-10-/t23-,24-,25-,27-,30+,31+,40-/m1/s1. The van der Waals surface area contributed by atoms with Gasteiger partial charge in [-0.25, -0.2) is 23.2 Å². The highest BCUT2D eigenvalue weighted by atomic mass is 32.2. The lowest BCUT2D eigenvalue weighted by Crippen LogP contribution is -2.66. The number of carbonyl (C=O) groups excluding carboxylic acids is 3. The Morgan fingerprint density at radius 1 is 1.08 bits per heavy atom. The number of ether oxygens (including phenoxy) is 2. The Hall–Kier alpha value is -4.89. The van der Waals surface area contributed by atoms with E-state index < -0.39 is 117 Å². The van der Waals surface area contributed by atoms with Crippen molar-refractivity contribution in [3.8, 4) is 11.6 Å². The van der Waals surface area contributed by atoms with Gasteiger partial charge in [0.15, 0.2) is 0 Å². The van der Waals surface area contributed by atoms with E-state index in [0.717, 1.165) is 4.90 Å². The van der Waals surface area contributed by atoms with E-state index in [4.69, 9.17) is 9.47 Å². The van der Waals surface area contributed by atoms with Gasteiger partial charge in [-0.15, -0.1) is 0 Å². The fourth-order valence-corrected chi connectivity index (χ4v) is 9.87. The number of amides is 4. The molecular formula is C42H54F6N6O9S. The second kappa shape index (κ2) is 17.2. The molecular weight excluding hydrogens is 879 g/mol. The van der Waals surface area contributed by atoms with E-state index in [9.17, 15) is 54.3 Å². The van der Waals surface area contributed by atoms with E-state index in [0.29, 0.717) is 26.7 Å². The Morgan fingerprint density at radius 3 is 2.33 bits per heavy atom. The Labute approximate surface area is 366 Å². The molecule has 3 fully saturated rings. The van der Waals surface area contributed by atoms with Crippen LogP contribution in [-0.4, -0.2) is 110 Å². The van der Waals surface area contributed by atoms with Gasteiger partial charge in [0, 0.05) is 18.4 Å². The molecule has 2 aliphatic heterocycles. The highest BCUT2D eigenvalue weighted by molar-refractivity contribution is 7.91. The molecule has 4 amide bonds. The molecule has 2 aromatic rings. The summed E-state index contributed by atoms with van der Waals surface area (Å²) in [5, 5.41) is 13.1. The summed E-state index contributed by atoms with van der Waals surface area (Å²) in [6.07, 6.45) is -10.2. The number of fused-ring (bicyclic) bond motifs is 3. The van der Waals surface area contributed by atoms with Crippen LogP contribution >= 0.6 is 0 Å². The molecule has 6 rings (SSSR count). The number of rotatable bonds is 10. The predicted octanol–water partition coefficient (Wildman–Crippen LogP) is 6.75. The molecule has 3 N–H and O–H groups in total. The van der Waals surface area contributed by atoms with Gasteiger partial charge in [-0.3, -0.25) is 24.0 Å². The summed E-state index contributed by atoms with van der Waals surface area (Å²) in [6, 6.07) is 0.126. The van der Waals surface area contributed by atoms with Crippen molar-refractivity contribution in [2.75, 3.05) is 6.54 Å². The average molecular weight is 933 g/mol. The Morgan fingerprint density at radius 2 is 1.75 bits per heavy atom. The van der Waals surface area contributed by atoms with Crippen molar-refractivity contribution in [1.82, 2.24) is 29.8 Å². The van der Waals surface area contributed by atoms with Crippen LogP contribution in [0, 0.1) is 17.8 Å². The number of nitrogens with one attached hydrogen (secondary N) is 2. The molecule has 0 bridgehead atoms. The fraction of sp³-hybridized carbons (Fsp3) is 0.667. The van der Waals surface area contributed by atoms with Crippen LogP contribution < -0.4 is 19.5 Å².